The molecular weight excluding hydrogens is 269 g/mol. The van der Waals surface area contributed by atoms with E-state index in [1.54, 1.807) is 4.90 Å². The number of hydrogen-bond acceptors (Lipinski definition) is 2. The molecule has 0 spiro atoms. The minimum Gasteiger partial charge on any atom is -0.340 e. The number of piperidine rings is 1. The highest BCUT2D eigenvalue weighted by Crippen LogP contribution is 2.31. The van der Waals surface area contributed by atoms with E-state index >= 15 is 0 Å². The van der Waals surface area contributed by atoms with E-state index in [9.17, 15) is 18.0 Å². The van der Waals surface area contributed by atoms with Crippen molar-refractivity contribution in [2.45, 2.75) is 76.2 Å². The fourth-order valence-electron chi connectivity index (χ4n) is 3.43. The number of carbonyl (C=O) groups excluding carboxylic acids is 1. The Morgan fingerprint density at radius 1 is 1.25 bits per heavy atom. The van der Waals surface area contributed by atoms with Gasteiger partial charge in [0.2, 0.25) is 5.91 Å². The second kappa shape index (κ2) is 6.33. The van der Waals surface area contributed by atoms with Crippen molar-refractivity contribution in [3.05, 3.63) is 0 Å². The smallest absolute Gasteiger partial charge is 0.340 e. The van der Waals surface area contributed by atoms with Gasteiger partial charge in [0.25, 0.3) is 0 Å². The Labute approximate surface area is 117 Å². The Morgan fingerprint density at radius 2 is 1.85 bits per heavy atom. The summed E-state index contributed by atoms with van der Waals surface area (Å²) in [5, 5.41) is 3.49. The van der Waals surface area contributed by atoms with E-state index in [0.29, 0.717) is 18.6 Å². The molecule has 2 aliphatic rings. The van der Waals surface area contributed by atoms with Crippen LogP contribution in [0.1, 0.15) is 51.9 Å². The van der Waals surface area contributed by atoms with Gasteiger partial charge < -0.3 is 10.2 Å². The van der Waals surface area contributed by atoms with Crippen molar-refractivity contribution in [1.82, 2.24) is 10.2 Å². The van der Waals surface area contributed by atoms with E-state index in [1.807, 2.05) is 6.92 Å². The van der Waals surface area contributed by atoms with Crippen molar-refractivity contribution >= 4 is 5.91 Å². The van der Waals surface area contributed by atoms with Gasteiger partial charge in [0, 0.05) is 31.1 Å². The van der Waals surface area contributed by atoms with Crippen molar-refractivity contribution < 1.29 is 18.0 Å². The van der Waals surface area contributed by atoms with Gasteiger partial charge >= 0.3 is 6.18 Å². The Morgan fingerprint density at radius 3 is 2.35 bits per heavy atom. The van der Waals surface area contributed by atoms with Gasteiger partial charge in [-0.3, -0.25) is 4.79 Å². The van der Waals surface area contributed by atoms with Crippen molar-refractivity contribution in [2.24, 2.45) is 0 Å². The average molecular weight is 292 g/mol. The lowest BCUT2D eigenvalue weighted by atomic mass is 9.97. The molecule has 2 saturated heterocycles. The summed E-state index contributed by atoms with van der Waals surface area (Å²) in [6.45, 7) is 2.53. The second-order valence-electron chi connectivity index (χ2n) is 5.97. The van der Waals surface area contributed by atoms with Crippen molar-refractivity contribution in [2.75, 3.05) is 6.54 Å². The van der Waals surface area contributed by atoms with E-state index in [4.69, 9.17) is 0 Å². The van der Waals surface area contributed by atoms with Crippen LogP contribution in [0.4, 0.5) is 13.2 Å². The third kappa shape index (κ3) is 4.11. The molecule has 6 heteroatoms. The maximum Gasteiger partial charge on any atom is 0.389 e. The van der Waals surface area contributed by atoms with Gasteiger partial charge in [-0.1, -0.05) is 6.92 Å². The molecule has 0 aromatic carbocycles. The maximum absolute atomic E-state index is 12.3. The third-order valence-corrected chi connectivity index (χ3v) is 4.30. The van der Waals surface area contributed by atoms with Crippen LogP contribution in [0.3, 0.4) is 0 Å². The first-order valence-corrected chi connectivity index (χ1v) is 7.51. The molecule has 2 bridgehead atoms. The molecule has 1 N–H and O–H groups in total. The van der Waals surface area contributed by atoms with E-state index < -0.39 is 19.0 Å². The Balaban J connectivity index is 1.93. The molecule has 0 aromatic heterocycles. The summed E-state index contributed by atoms with van der Waals surface area (Å²) in [5.74, 6) is -0.338. The van der Waals surface area contributed by atoms with E-state index in [0.717, 1.165) is 32.1 Å². The number of hydrogen-bond donors (Lipinski definition) is 1. The van der Waals surface area contributed by atoms with Crippen LogP contribution in [-0.4, -0.2) is 41.7 Å². The highest BCUT2D eigenvalue weighted by Gasteiger charge is 2.38. The number of nitrogens with zero attached hydrogens (tertiary/aromatic N) is 1. The number of halogens is 3. The van der Waals surface area contributed by atoms with Gasteiger partial charge in [-0.2, -0.15) is 13.2 Å². The number of nitrogens with one attached hydrogen (secondary N) is 1. The van der Waals surface area contributed by atoms with E-state index in [1.165, 1.54) is 0 Å². The van der Waals surface area contributed by atoms with Gasteiger partial charge in [0.1, 0.15) is 0 Å². The maximum atomic E-state index is 12.3. The van der Waals surface area contributed by atoms with Gasteiger partial charge in [0.15, 0.2) is 0 Å². The largest absolute Gasteiger partial charge is 0.389 e. The summed E-state index contributed by atoms with van der Waals surface area (Å²) in [6, 6.07) is 0.997. The molecule has 2 atom stereocenters. The van der Waals surface area contributed by atoms with Crippen LogP contribution < -0.4 is 5.32 Å². The topological polar surface area (TPSA) is 32.3 Å². The summed E-state index contributed by atoms with van der Waals surface area (Å²) < 4.78 is 36.8. The second-order valence-corrected chi connectivity index (χ2v) is 5.97. The summed E-state index contributed by atoms with van der Waals surface area (Å²) in [6.07, 6.45) is -0.872. The predicted octanol–water partition coefficient (Wildman–Crippen LogP) is 2.85. The van der Waals surface area contributed by atoms with Crippen molar-refractivity contribution in [3.8, 4) is 0 Å². The van der Waals surface area contributed by atoms with Crippen LogP contribution in [-0.2, 0) is 4.79 Å². The first-order chi connectivity index (χ1) is 9.39. The molecule has 3 nitrogen and oxygen atoms in total. The summed E-state index contributed by atoms with van der Waals surface area (Å²) in [5.41, 5.74) is 0. The standard InChI is InChI=1S/C14H23F3N2O/c1-2-7-19(13(20)5-6-14(15,16)17)12-8-10-3-4-11(9-12)18-10/h10-12,18H,2-9H2,1H3. The first kappa shape index (κ1) is 15.6. The normalized spacial score (nSPS) is 29.5. The lowest BCUT2D eigenvalue weighted by molar-refractivity contribution is -0.151. The fourth-order valence-corrected chi connectivity index (χ4v) is 3.43. The van der Waals surface area contributed by atoms with Gasteiger partial charge in [-0.05, 0) is 32.1 Å². The van der Waals surface area contributed by atoms with E-state index in [2.05, 4.69) is 5.32 Å². The summed E-state index contributed by atoms with van der Waals surface area (Å²) in [4.78, 5) is 13.8. The lowest BCUT2D eigenvalue weighted by Gasteiger charge is -2.38. The average Bonchev–Trinajstić information content (AvgIpc) is 2.71. The van der Waals surface area contributed by atoms with Crippen LogP contribution in [0.2, 0.25) is 0 Å². The number of amides is 1. The highest BCUT2D eigenvalue weighted by molar-refractivity contribution is 5.76. The Hall–Kier alpha value is -0.780. The molecule has 2 fully saturated rings. The number of alkyl halides is 3. The fraction of sp³-hybridized carbons (Fsp3) is 0.929. The molecule has 1 amide bonds. The predicted molar refractivity (Wildman–Crippen MR) is 70.3 cm³/mol. The number of fused-ring (bicyclic) bond motifs is 2. The number of carbonyl (C=O) groups is 1. The molecule has 0 aliphatic carbocycles. The lowest BCUT2D eigenvalue weighted by Crippen LogP contribution is -2.50. The highest BCUT2D eigenvalue weighted by atomic mass is 19.4. The molecule has 0 aromatic rings. The van der Waals surface area contributed by atoms with Crippen molar-refractivity contribution in [3.63, 3.8) is 0 Å². The quantitative estimate of drug-likeness (QED) is 0.845. The van der Waals surface area contributed by atoms with Crippen LogP contribution in [0.5, 0.6) is 0 Å². The van der Waals surface area contributed by atoms with Crippen LogP contribution >= 0.6 is 0 Å². The molecule has 0 saturated carbocycles. The minimum atomic E-state index is -4.25. The van der Waals surface area contributed by atoms with Crippen LogP contribution in [0, 0.1) is 0 Å². The van der Waals surface area contributed by atoms with Gasteiger partial charge in [-0.25, -0.2) is 0 Å². The van der Waals surface area contributed by atoms with E-state index in [-0.39, 0.29) is 11.9 Å². The first-order valence-electron chi connectivity index (χ1n) is 7.51. The molecule has 2 heterocycles. The van der Waals surface area contributed by atoms with Crippen molar-refractivity contribution in [1.29, 1.82) is 0 Å². The molecule has 116 valence electrons. The number of rotatable bonds is 5. The molecule has 2 unspecified atom stereocenters. The summed E-state index contributed by atoms with van der Waals surface area (Å²) >= 11 is 0. The Bertz CT molecular complexity index is 334. The third-order valence-electron chi connectivity index (χ3n) is 4.30. The van der Waals surface area contributed by atoms with Crippen LogP contribution in [0.25, 0.3) is 0 Å². The molecular formula is C14H23F3N2O. The van der Waals surface area contributed by atoms with Crippen LogP contribution in [0.15, 0.2) is 0 Å². The Kier molecular flexibility index (Phi) is 4.94. The summed E-state index contributed by atoms with van der Waals surface area (Å²) in [7, 11) is 0. The molecule has 2 rings (SSSR count). The van der Waals surface area contributed by atoms with Gasteiger partial charge in [0.05, 0.1) is 6.42 Å². The molecule has 0 radical (unpaired) electrons. The zero-order valence-corrected chi connectivity index (χ0v) is 11.9. The SMILES string of the molecule is CCCN(C(=O)CCC(F)(F)F)C1CC2CCC(C1)N2. The van der Waals surface area contributed by atoms with Gasteiger partial charge in [-0.15, -0.1) is 0 Å². The molecule has 2 aliphatic heterocycles. The molecule has 20 heavy (non-hydrogen) atoms. The minimum absolute atomic E-state index is 0.120. The zero-order valence-electron chi connectivity index (χ0n) is 11.9. The zero-order chi connectivity index (χ0) is 14.8. The monoisotopic (exact) mass is 292 g/mol.